The van der Waals surface area contributed by atoms with Gasteiger partial charge in [-0.2, -0.15) is 0 Å². The number of hydrogen-bond donors (Lipinski definition) is 1. The number of nitrogens with one attached hydrogen (secondary N) is 1. The molecule has 3 nitrogen and oxygen atoms in total. The van der Waals surface area contributed by atoms with Crippen LogP contribution in [0.25, 0.3) is 0 Å². The molecule has 0 fully saturated rings. The van der Waals surface area contributed by atoms with Crippen LogP contribution >= 0.6 is 39.0 Å². The van der Waals surface area contributed by atoms with E-state index in [1.54, 1.807) is 23.1 Å². The van der Waals surface area contributed by atoms with E-state index in [0.717, 1.165) is 39.9 Å². The van der Waals surface area contributed by atoms with Crippen LogP contribution in [0.4, 0.5) is 0 Å². The largest absolute Gasteiger partial charge is 0.311 e. The Hall–Kier alpha value is -0.430. The van der Waals surface area contributed by atoms with E-state index in [0.29, 0.717) is 0 Å². The Morgan fingerprint density at radius 1 is 1.26 bits per heavy atom. The van der Waals surface area contributed by atoms with Gasteiger partial charge in [-0.3, -0.25) is 0 Å². The molecule has 19 heavy (non-hydrogen) atoms. The number of hydrogen-bond acceptors (Lipinski definition) is 5. The molecular formula is C13H16BrN3S2. The topological polar surface area (TPSA) is 37.8 Å². The summed E-state index contributed by atoms with van der Waals surface area (Å²) in [6.07, 6.45) is 0. The Balaban J connectivity index is 1.69. The van der Waals surface area contributed by atoms with Crippen LogP contribution in [0.2, 0.25) is 0 Å². The number of thiophene rings is 1. The van der Waals surface area contributed by atoms with Gasteiger partial charge in [-0.1, -0.05) is 11.8 Å². The average molecular weight is 358 g/mol. The second-order valence-corrected chi connectivity index (χ2v) is 7.16. The van der Waals surface area contributed by atoms with E-state index in [1.807, 2.05) is 19.9 Å². The summed E-state index contributed by atoms with van der Waals surface area (Å²) in [6.45, 7) is 5.89. The molecule has 2 aromatic rings. The van der Waals surface area contributed by atoms with Crippen molar-refractivity contribution in [3.8, 4) is 0 Å². The second kappa shape index (κ2) is 7.38. The summed E-state index contributed by atoms with van der Waals surface area (Å²) in [5.41, 5.74) is 2.07. The summed E-state index contributed by atoms with van der Waals surface area (Å²) in [7, 11) is 0. The van der Waals surface area contributed by atoms with E-state index in [4.69, 9.17) is 0 Å². The number of aromatic nitrogens is 2. The maximum absolute atomic E-state index is 4.41. The minimum Gasteiger partial charge on any atom is -0.311 e. The molecule has 2 aromatic heterocycles. The molecule has 0 aromatic carbocycles. The van der Waals surface area contributed by atoms with Crippen molar-refractivity contribution in [3.05, 3.63) is 38.3 Å². The van der Waals surface area contributed by atoms with Crippen LogP contribution in [0.15, 0.2) is 27.1 Å². The van der Waals surface area contributed by atoms with Crippen molar-refractivity contribution in [3.63, 3.8) is 0 Å². The lowest BCUT2D eigenvalue weighted by Gasteiger charge is -2.04. The predicted octanol–water partition coefficient (Wildman–Crippen LogP) is 3.80. The first-order valence-corrected chi connectivity index (χ1v) is 8.68. The van der Waals surface area contributed by atoms with Crippen LogP contribution in [0, 0.1) is 13.8 Å². The number of thioether (sulfide) groups is 1. The van der Waals surface area contributed by atoms with Crippen LogP contribution in [-0.4, -0.2) is 22.3 Å². The summed E-state index contributed by atoms with van der Waals surface area (Å²) >= 11 is 6.93. The van der Waals surface area contributed by atoms with Gasteiger partial charge >= 0.3 is 0 Å². The Labute approximate surface area is 130 Å². The van der Waals surface area contributed by atoms with Gasteiger partial charge in [0.1, 0.15) is 0 Å². The molecule has 2 heterocycles. The van der Waals surface area contributed by atoms with E-state index >= 15 is 0 Å². The summed E-state index contributed by atoms with van der Waals surface area (Å²) in [4.78, 5) is 10.2. The van der Waals surface area contributed by atoms with Crippen LogP contribution in [0.5, 0.6) is 0 Å². The molecule has 0 aliphatic rings. The second-order valence-electron chi connectivity index (χ2n) is 4.19. The van der Waals surface area contributed by atoms with Crippen molar-refractivity contribution in [2.45, 2.75) is 25.5 Å². The Kier molecular flexibility index (Phi) is 5.81. The monoisotopic (exact) mass is 357 g/mol. The highest BCUT2D eigenvalue weighted by molar-refractivity contribution is 9.10. The molecule has 0 atom stereocenters. The van der Waals surface area contributed by atoms with E-state index in [2.05, 4.69) is 42.7 Å². The molecule has 0 saturated heterocycles. The van der Waals surface area contributed by atoms with Crippen LogP contribution in [0.3, 0.4) is 0 Å². The lowest BCUT2D eigenvalue weighted by molar-refractivity contribution is 0.739. The molecule has 0 amide bonds. The fraction of sp³-hybridized carbons (Fsp3) is 0.385. The Bertz CT molecular complexity index is 522. The highest BCUT2D eigenvalue weighted by Crippen LogP contribution is 2.19. The lowest BCUT2D eigenvalue weighted by atomic mass is 10.4. The maximum Gasteiger partial charge on any atom is 0.188 e. The normalized spacial score (nSPS) is 10.9. The molecule has 0 unspecified atom stereocenters. The maximum atomic E-state index is 4.41. The van der Waals surface area contributed by atoms with Gasteiger partial charge < -0.3 is 5.32 Å². The van der Waals surface area contributed by atoms with Crippen molar-refractivity contribution in [1.82, 2.24) is 15.3 Å². The van der Waals surface area contributed by atoms with E-state index in [1.165, 1.54) is 4.88 Å². The number of halogens is 1. The first-order valence-electron chi connectivity index (χ1n) is 6.02. The number of nitrogens with zero attached hydrogens (tertiary/aromatic N) is 2. The molecule has 1 N–H and O–H groups in total. The summed E-state index contributed by atoms with van der Waals surface area (Å²) in [5, 5.41) is 6.41. The zero-order valence-corrected chi connectivity index (χ0v) is 14.2. The molecular weight excluding hydrogens is 342 g/mol. The molecule has 2 rings (SSSR count). The van der Waals surface area contributed by atoms with Gasteiger partial charge in [0, 0.05) is 45.0 Å². The predicted molar refractivity (Wildman–Crippen MR) is 86.0 cm³/mol. The Morgan fingerprint density at radius 2 is 2.00 bits per heavy atom. The minimum absolute atomic E-state index is 0.873. The van der Waals surface area contributed by atoms with E-state index in [-0.39, 0.29) is 0 Å². The summed E-state index contributed by atoms with van der Waals surface area (Å²) in [5.74, 6) is 0.982. The van der Waals surface area contributed by atoms with Gasteiger partial charge in [-0.15, -0.1) is 11.3 Å². The van der Waals surface area contributed by atoms with Crippen LogP contribution < -0.4 is 5.32 Å². The highest BCUT2D eigenvalue weighted by Gasteiger charge is 2.01. The lowest BCUT2D eigenvalue weighted by Crippen LogP contribution is -2.15. The molecule has 102 valence electrons. The van der Waals surface area contributed by atoms with Gasteiger partial charge in [-0.05, 0) is 41.9 Å². The fourth-order valence-corrected chi connectivity index (χ4v) is 3.90. The third-order valence-corrected chi connectivity index (χ3v) is 4.94. The first-order chi connectivity index (χ1) is 9.13. The Morgan fingerprint density at radius 3 is 2.63 bits per heavy atom. The molecule has 0 aliphatic heterocycles. The molecule has 6 heteroatoms. The zero-order valence-electron chi connectivity index (χ0n) is 10.9. The fourth-order valence-electron chi connectivity index (χ4n) is 1.63. The minimum atomic E-state index is 0.873. The van der Waals surface area contributed by atoms with Crippen LogP contribution in [0.1, 0.15) is 16.3 Å². The number of rotatable bonds is 6. The van der Waals surface area contributed by atoms with Crippen molar-refractivity contribution in [2.24, 2.45) is 0 Å². The van der Waals surface area contributed by atoms with E-state index in [9.17, 15) is 0 Å². The van der Waals surface area contributed by atoms with Crippen molar-refractivity contribution < 1.29 is 0 Å². The average Bonchev–Trinajstić information content (AvgIpc) is 2.73. The SMILES string of the molecule is Cc1cc(C)nc(SCCNCc2cc(Br)cs2)n1. The smallest absolute Gasteiger partial charge is 0.188 e. The molecule has 0 bridgehead atoms. The standard InChI is InChI=1S/C13H16BrN3S2/c1-9-5-10(2)17-13(16-9)18-4-3-15-7-12-6-11(14)8-19-12/h5-6,8,15H,3-4,7H2,1-2H3. The number of aryl methyl sites for hydroxylation is 2. The molecule has 0 saturated carbocycles. The van der Waals surface area contributed by atoms with Gasteiger partial charge in [0.15, 0.2) is 5.16 Å². The highest BCUT2D eigenvalue weighted by atomic mass is 79.9. The van der Waals surface area contributed by atoms with Gasteiger partial charge in [0.2, 0.25) is 0 Å². The third-order valence-electron chi connectivity index (χ3n) is 2.39. The molecule has 0 aliphatic carbocycles. The quantitative estimate of drug-likeness (QED) is 0.484. The van der Waals surface area contributed by atoms with Crippen LogP contribution in [-0.2, 0) is 6.54 Å². The molecule has 0 spiro atoms. The van der Waals surface area contributed by atoms with Gasteiger partial charge in [0.25, 0.3) is 0 Å². The first kappa shape index (κ1) is 15.0. The van der Waals surface area contributed by atoms with Crippen molar-refractivity contribution in [1.29, 1.82) is 0 Å². The van der Waals surface area contributed by atoms with Gasteiger partial charge in [-0.25, -0.2) is 9.97 Å². The summed E-state index contributed by atoms with van der Waals surface area (Å²) in [6, 6.07) is 4.15. The third kappa shape index (κ3) is 5.22. The molecule has 0 radical (unpaired) electrons. The van der Waals surface area contributed by atoms with E-state index < -0.39 is 0 Å². The van der Waals surface area contributed by atoms with Crippen molar-refractivity contribution >= 4 is 39.0 Å². The summed E-state index contributed by atoms with van der Waals surface area (Å²) < 4.78 is 1.16. The van der Waals surface area contributed by atoms with Gasteiger partial charge in [0.05, 0.1) is 0 Å². The van der Waals surface area contributed by atoms with Crippen molar-refractivity contribution in [2.75, 3.05) is 12.3 Å². The zero-order chi connectivity index (χ0) is 13.7.